The first-order chi connectivity index (χ1) is 15.7. The number of ether oxygens (including phenoxy) is 4. The Morgan fingerprint density at radius 2 is 2.00 bits per heavy atom. The summed E-state index contributed by atoms with van der Waals surface area (Å²) in [4.78, 5) is 4.32. The summed E-state index contributed by atoms with van der Waals surface area (Å²) in [7, 11) is 3.42. The highest BCUT2D eigenvalue weighted by molar-refractivity contribution is 5.79. The molecule has 32 heavy (non-hydrogen) atoms. The lowest BCUT2D eigenvalue weighted by Crippen LogP contribution is -2.37. The molecule has 3 rings (SSSR count). The molecule has 1 fully saturated rings. The van der Waals surface area contributed by atoms with Gasteiger partial charge in [0.25, 0.3) is 0 Å². The number of aliphatic imine (C=N–C) groups is 1. The molecule has 2 aromatic carbocycles. The molecular formula is C25H35N3O4. The summed E-state index contributed by atoms with van der Waals surface area (Å²) in [5.74, 6) is 3.75. The summed E-state index contributed by atoms with van der Waals surface area (Å²) in [5, 5.41) is 6.71. The van der Waals surface area contributed by atoms with Crippen LogP contribution in [0.3, 0.4) is 0 Å². The number of nitrogens with zero attached hydrogens (tertiary/aromatic N) is 1. The van der Waals surface area contributed by atoms with Gasteiger partial charge in [-0.3, -0.25) is 4.99 Å². The maximum Gasteiger partial charge on any atom is 0.191 e. The van der Waals surface area contributed by atoms with Crippen molar-refractivity contribution >= 4 is 5.96 Å². The monoisotopic (exact) mass is 441 g/mol. The molecule has 0 spiro atoms. The van der Waals surface area contributed by atoms with Gasteiger partial charge in [0.1, 0.15) is 17.2 Å². The molecule has 0 bridgehead atoms. The van der Waals surface area contributed by atoms with Crippen molar-refractivity contribution in [3.05, 3.63) is 53.6 Å². The predicted molar refractivity (Wildman–Crippen MR) is 127 cm³/mol. The van der Waals surface area contributed by atoms with Crippen molar-refractivity contribution in [1.82, 2.24) is 10.6 Å². The van der Waals surface area contributed by atoms with E-state index in [0.29, 0.717) is 25.7 Å². The largest absolute Gasteiger partial charge is 0.497 e. The Labute approximate surface area is 191 Å². The Bertz CT molecular complexity index is 866. The molecule has 0 aromatic heterocycles. The van der Waals surface area contributed by atoms with Crippen LogP contribution in [-0.2, 0) is 11.3 Å². The third-order valence-corrected chi connectivity index (χ3v) is 5.31. The van der Waals surface area contributed by atoms with E-state index in [1.807, 2.05) is 24.3 Å². The fourth-order valence-corrected chi connectivity index (χ4v) is 3.42. The van der Waals surface area contributed by atoms with Gasteiger partial charge in [-0.25, -0.2) is 0 Å². The van der Waals surface area contributed by atoms with Crippen molar-refractivity contribution in [3.8, 4) is 17.2 Å². The average molecular weight is 442 g/mol. The van der Waals surface area contributed by atoms with E-state index < -0.39 is 0 Å². The number of hydrogen-bond acceptors (Lipinski definition) is 5. The van der Waals surface area contributed by atoms with Crippen molar-refractivity contribution in [3.63, 3.8) is 0 Å². The summed E-state index contributed by atoms with van der Waals surface area (Å²) in [6.45, 7) is 6.39. The van der Waals surface area contributed by atoms with Crippen molar-refractivity contribution in [2.75, 3.05) is 47.1 Å². The van der Waals surface area contributed by atoms with Crippen molar-refractivity contribution in [2.24, 2.45) is 10.9 Å². The molecule has 1 aliphatic heterocycles. The second-order valence-corrected chi connectivity index (χ2v) is 7.89. The van der Waals surface area contributed by atoms with E-state index in [9.17, 15) is 0 Å². The molecule has 1 unspecified atom stereocenters. The Morgan fingerprint density at radius 1 is 1.12 bits per heavy atom. The summed E-state index contributed by atoms with van der Waals surface area (Å²) in [6.07, 6.45) is 1.91. The zero-order valence-corrected chi connectivity index (χ0v) is 19.4. The van der Waals surface area contributed by atoms with Crippen LogP contribution in [0, 0.1) is 12.8 Å². The van der Waals surface area contributed by atoms with Gasteiger partial charge in [0, 0.05) is 44.3 Å². The summed E-state index contributed by atoms with van der Waals surface area (Å²) in [6, 6.07) is 13.9. The molecule has 1 saturated heterocycles. The minimum Gasteiger partial charge on any atom is -0.497 e. The molecule has 0 aliphatic carbocycles. The second-order valence-electron chi connectivity index (χ2n) is 7.89. The first-order valence-corrected chi connectivity index (χ1v) is 11.2. The third kappa shape index (κ3) is 7.64. The van der Waals surface area contributed by atoms with Crippen molar-refractivity contribution in [1.29, 1.82) is 0 Å². The SMILES string of the molecule is CN=C(NCCCOc1cccc(OC)c1)NCc1ccc(C)cc1OCC1CCOC1. The Hall–Kier alpha value is -2.93. The Morgan fingerprint density at radius 3 is 2.78 bits per heavy atom. The van der Waals surface area contributed by atoms with E-state index >= 15 is 0 Å². The van der Waals surface area contributed by atoms with Crippen LogP contribution in [0.15, 0.2) is 47.5 Å². The highest BCUT2D eigenvalue weighted by Crippen LogP contribution is 2.23. The number of rotatable bonds is 11. The minimum atomic E-state index is 0.477. The van der Waals surface area contributed by atoms with Crippen LogP contribution in [-0.4, -0.2) is 53.1 Å². The third-order valence-electron chi connectivity index (χ3n) is 5.31. The van der Waals surface area contributed by atoms with E-state index in [2.05, 4.69) is 40.7 Å². The number of guanidine groups is 1. The summed E-state index contributed by atoms with van der Waals surface area (Å²) < 4.78 is 22.6. The molecule has 1 heterocycles. The fourth-order valence-electron chi connectivity index (χ4n) is 3.42. The molecule has 7 heteroatoms. The molecular weight excluding hydrogens is 406 g/mol. The van der Waals surface area contributed by atoms with Crippen LogP contribution >= 0.6 is 0 Å². The van der Waals surface area contributed by atoms with Gasteiger partial charge < -0.3 is 29.6 Å². The number of aryl methyl sites for hydroxylation is 1. The van der Waals surface area contributed by atoms with Crippen LogP contribution in [0.1, 0.15) is 24.0 Å². The quantitative estimate of drug-likeness (QED) is 0.316. The first kappa shape index (κ1) is 23.7. The Kier molecular flexibility index (Phi) is 9.50. The number of methoxy groups -OCH3 is 1. The van der Waals surface area contributed by atoms with Crippen LogP contribution in [0.2, 0.25) is 0 Å². The van der Waals surface area contributed by atoms with Gasteiger partial charge >= 0.3 is 0 Å². The number of hydrogen-bond donors (Lipinski definition) is 2. The molecule has 0 saturated carbocycles. The molecule has 0 amide bonds. The van der Waals surface area contributed by atoms with Gasteiger partial charge in [-0.15, -0.1) is 0 Å². The molecule has 1 aliphatic rings. The van der Waals surface area contributed by atoms with E-state index in [1.54, 1.807) is 14.2 Å². The van der Waals surface area contributed by atoms with Crippen molar-refractivity contribution in [2.45, 2.75) is 26.3 Å². The highest BCUT2D eigenvalue weighted by Gasteiger charge is 2.17. The van der Waals surface area contributed by atoms with Gasteiger partial charge in [-0.05, 0) is 43.5 Å². The smallest absolute Gasteiger partial charge is 0.191 e. The lowest BCUT2D eigenvalue weighted by molar-refractivity contribution is 0.166. The molecule has 7 nitrogen and oxygen atoms in total. The zero-order valence-electron chi connectivity index (χ0n) is 19.4. The topological polar surface area (TPSA) is 73.3 Å². The zero-order chi connectivity index (χ0) is 22.6. The highest BCUT2D eigenvalue weighted by atomic mass is 16.5. The lowest BCUT2D eigenvalue weighted by atomic mass is 10.1. The van der Waals surface area contributed by atoms with Gasteiger partial charge in [-0.1, -0.05) is 18.2 Å². The average Bonchev–Trinajstić information content (AvgIpc) is 3.34. The van der Waals surface area contributed by atoms with Crippen LogP contribution < -0.4 is 24.8 Å². The maximum absolute atomic E-state index is 6.13. The Balaban J connectivity index is 1.40. The molecule has 2 aromatic rings. The van der Waals surface area contributed by atoms with Crippen LogP contribution in [0.4, 0.5) is 0 Å². The van der Waals surface area contributed by atoms with E-state index in [4.69, 9.17) is 18.9 Å². The van der Waals surface area contributed by atoms with Gasteiger partial charge in [-0.2, -0.15) is 0 Å². The van der Waals surface area contributed by atoms with E-state index in [-0.39, 0.29) is 0 Å². The normalized spacial score (nSPS) is 16.0. The number of benzene rings is 2. The number of nitrogens with one attached hydrogen (secondary N) is 2. The van der Waals surface area contributed by atoms with Crippen LogP contribution in [0.25, 0.3) is 0 Å². The molecule has 0 radical (unpaired) electrons. The van der Waals surface area contributed by atoms with E-state index in [0.717, 1.165) is 61.4 Å². The molecule has 1 atom stereocenters. The van der Waals surface area contributed by atoms with Gasteiger partial charge in [0.2, 0.25) is 0 Å². The molecule has 174 valence electrons. The maximum atomic E-state index is 6.13. The lowest BCUT2D eigenvalue weighted by Gasteiger charge is -2.17. The van der Waals surface area contributed by atoms with Crippen LogP contribution in [0.5, 0.6) is 17.2 Å². The van der Waals surface area contributed by atoms with Crippen molar-refractivity contribution < 1.29 is 18.9 Å². The fraction of sp³-hybridized carbons (Fsp3) is 0.480. The summed E-state index contributed by atoms with van der Waals surface area (Å²) >= 11 is 0. The summed E-state index contributed by atoms with van der Waals surface area (Å²) in [5.41, 5.74) is 2.30. The first-order valence-electron chi connectivity index (χ1n) is 11.2. The van der Waals surface area contributed by atoms with Gasteiger partial charge in [0.15, 0.2) is 5.96 Å². The standard InChI is InChI=1S/C25H35N3O4/c1-19-8-9-21(24(14-19)32-18-20-10-13-30-17-20)16-28-25(26-2)27-11-5-12-31-23-7-4-6-22(15-23)29-3/h4,6-9,14-15,20H,5,10-13,16-18H2,1-3H3,(H2,26,27,28). The molecule has 2 N–H and O–H groups in total. The minimum absolute atomic E-state index is 0.477. The predicted octanol–water partition coefficient (Wildman–Crippen LogP) is 3.55. The second kappa shape index (κ2) is 12.8. The van der Waals surface area contributed by atoms with E-state index in [1.165, 1.54) is 5.56 Å². The van der Waals surface area contributed by atoms with Gasteiger partial charge in [0.05, 0.1) is 26.9 Å².